The minimum atomic E-state index is -0.211. The van der Waals surface area contributed by atoms with Crippen LogP contribution in [-0.4, -0.2) is 47.6 Å². The summed E-state index contributed by atoms with van der Waals surface area (Å²) in [7, 11) is 3.93. The molecule has 1 N–H and O–H groups in total. The van der Waals surface area contributed by atoms with Gasteiger partial charge in [0, 0.05) is 30.1 Å². The first kappa shape index (κ1) is 22.3. The third kappa shape index (κ3) is 5.19. The van der Waals surface area contributed by atoms with E-state index in [1.165, 1.54) is 22.2 Å². The van der Waals surface area contributed by atoms with E-state index in [4.69, 9.17) is 16.3 Å². The number of aryl methyl sites for hydroxylation is 3. The van der Waals surface area contributed by atoms with E-state index in [1.54, 1.807) is 18.2 Å². The van der Waals surface area contributed by atoms with Crippen molar-refractivity contribution < 1.29 is 9.53 Å². The molecule has 0 fully saturated rings. The van der Waals surface area contributed by atoms with Crippen molar-refractivity contribution in [3.63, 3.8) is 0 Å². The molecule has 2 heterocycles. The highest BCUT2D eigenvalue weighted by Crippen LogP contribution is 2.28. The SMILES string of the molecule is Cc1sc2ncn(CCC(=O)Nc3ccc(OCCN(C)C)c(Cl)c3)c(=O)c2c1C. The summed E-state index contributed by atoms with van der Waals surface area (Å²) in [4.78, 5) is 33.2. The van der Waals surface area contributed by atoms with Gasteiger partial charge in [-0.3, -0.25) is 14.2 Å². The Morgan fingerprint density at radius 1 is 1.33 bits per heavy atom. The molecular weight excluding hydrogens is 424 g/mol. The Hall–Kier alpha value is -2.42. The molecule has 7 nitrogen and oxygen atoms in total. The van der Waals surface area contributed by atoms with Gasteiger partial charge in [0.15, 0.2) is 0 Å². The number of amides is 1. The number of carbonyl (C=O) groups is 1. The molecule has 0 saturated heterocycles. The van der Waals surface area contributed by atoms with Gasteiger partial charge >= 0.3 is 0 Å². The minimum absolute atomic E-state index is 0.114. The molecule has 3 aromatic rings. The topological polar surface area (TPSA) is 76.5 Å². The number of anilines is 1. The number of nitrogens with one attached hydrogen (secondary N) is 1. The van der Waals surface area contributed by atoms with Crippen molar-refractivity contribution in [3.8, 4) is 5.75 Å². The second kappa shape index (κ2) is 9.59. The molecular formula is C21H25ClN4O3S. The van der Waals surface area contributed by atoms with E-state index < -0.39 is 0 Å². The molecule has 0 aliphatic rings. The fourth-order valence-electron chi connectivity index (χ4n) is 2.91. The number of thiophene rings is 1. The number of rotatable bonds is 8. The molecule has 0 saturated carbocycles. The third-order valence-corrected chi connectivity index (χ3v) is 6.16. The van der Waals surface area contributed by atoms with Gasteiger partial charge in [-0.2, -0.15) is 0 Å². The van der Waals surface area contributed by atoms with Crippen LogP contribution in [0.5, 0.6) is 5.75 Å². The lowest BCUT2D eigenvalue weighted by molar-refractivity contribution is -0.116. The number of hydrogen-bond acceptors (Lipinski definition) is 6. The van der Waals surface area contributed by atoms with Crippen molar-refractivity contribution in [3.05, 3.63) is 50.3 Å². The average molecular weight is 449 g/mol. The van der Waals surface area contributed by atoms with Crippen molar-refractivity contribution in [2.45, 2.75) is 26.8 Å². The van der Waals surface area contributed by atoms with Crippen molar-refractivity contribution in [1.29, 1.82) is 0 Å². The predicted molar refractivity (Wildman–Crippen MR) is 122 cm³/mol. The molecule has 3 rings (SSSR count). The number of fused-ring (bicyclic) bond motifs is 1. The maximum atomic E-state index is 12.7. The summed E-state index contributed by atoms with van der Waals surface area (Å²) in [5, 5.41) is 3.87. The standard InChI is InChI=1S/C21H25ClN4O3S/c1-13-14(2)30-20-19(13)21(28)26(12-23-20)8-7-18(27)24-15-5-6-17(16(22)11-15)29-10-9-25(3)4/h5-6,11-12H,7-10H2,1-4H3,(H,24,27). The lowest BCUT2D eigenvalue weighted by Crippen LogP contribution is -2.23. The average Bonchev–Trinajstić information content (AvgIpc) is 2.97. The van der Waals surface area contributed by atoms with E-state index in [9.17, 15) is 9.59 Å². The largest absolute Gasteiger partial charge is 0.491 e. The van der Waals surface area contributed by atoms with E-state index in [-0.39, 0.29) is 24.4 Å². The molecule has 2 aromatic heterocycles. The van der Waals surface area contributed by atoms with E-state index in [2.05, 4.69) is 10.3 Å². The Kier molecular flexibility index (Phi) is 7.12. The number of aromatic nitrogens is 2. The number of carbonyl (C=O) groups excluding carboxylic acids is 1. The van der Waals surface area contributed by atoms with Crippen LogP contribution in [-0.2, 0) is 11.3 Å². The van der Waals surface area contributed by atoms with Gasteiger partial charge in [-0.1, -0.05) is 11.6 Å². The highest BCUT2D eigenvalue weighted by atomic mass is 35.5. The first-order valence-corrected chi connectivity index (χ1v) is 10.8. The summed E-state index contributed by atoms with van der Waals surface area (Å²) in [6.07, 6.45) is 1.65. The first-order chi connectivity index (χ1) is 14.3. The van der Waals surface area contributed by atoms with Crippen LogP contribution in [0.3, 0.4) is 0 Å². The molecule has 1 amide bonds. The monoisotopic (exact) mass is 448 g/mol. The zero-order valence-corrected chi connectivity index (χ0v) is 19.1. The molecule has 160 valence electrons. The Balaban J connectivity index is 1.60. The number of nitrogens with zero attached hydrogens (tertiary/aromatic N) is 3. The number of ether oxygens (including phenoxy) is 1. The molecule has 9 heteroatoms. The molecule has 0 unspecified atom stereocenters. The van der Waals surface area contributed by atoms with Crippen LogP contribution in [0.15, 0.2) is 29.3 Å². The second-order valence-electron chi connectivity index (χ2n) is 7.30. The van der Waals surface area contributed by atoms with Crippen LogP contribution in [0, 0.1) is 13.8 Å². The maximum absolute atomic E-state index is 12.7. The smallest absolute Gasteiger partial charge is 0.262 e. The Morgan fingerprint density at radius 2 is 2.10 bits per heavy atom. The van der Waals surface area contributed by atoms with Crippen molar-refractivity contribution in [1.82, 2.24) is 14.5 Å². The number of likely N-dealkylation sites (N-methyl/N-ethyl adjacent to an activating group) is 1. The lowest BCUT2D eigenvalue weighted by atomic mass is 10.2. The number of benzene rings is 1. The van der Waals surface area contributed by atoms with Crippen LogP contribution in [0.1, 0.15) is 16.9 Å². The minimum Gasteiger partial charge on any atom is -0.491 e. The quantitative estimate of drug-likeness (QED) is 0.568. The van der Waals surface area contributed by atoms with Gasteiger partial charge in [-0.15, -0.1) is 11.3 Å². The molecule has 30 heavy (non-hydrogen) atoms. The molecule has 0 radical (unpaired) electrons. The zero-order chi connectivity index (χ0) is 21.8. The van der Waals surface area contributed by atoms with Gasteiger partial charge in [-0.25, -0.2) is 4.98 Å². The molecule has 1 aromatic carbocycles. The predicted octanol–water partition coefficient (Wildman–Crippen LogP) is 3.70. The van der Waals surface area contributed by atoms with E-state index in [0.717, 1.165) is 21.8 Å². The molecule has 0 atom stereocenters. The second-order valence-corrected chi connectivity index (χ2v) is 8.91. The van der Waals surface area contributed by atoms with Gasteiger partial charge in [0.25, 0.3) is 5.56 Å². The van der Waals surface area contributed by atoms with Gasteiger partial charge in [-0.05, 0) is 51.7 Å². The molecule has 0 spiro atoms. The Morgan fingerprint density at radius 3 is 2.80 bits per heavy atom. The van der Waals surface area contributed by atoms with Crippen LogP contribution in [0.2, 0.25) is 5.02 Å². The molecule has 0 aliphatic heterocycles. The third-order valence-electron chi connectivity index (χ3n) is 4.75. The van der Waals surface area contributed by atoms with Crippen LogP contribution in [0.4, 0.5) is 5.69 Å². The summed E-state index contributed by atoms with van der Waals surface area (Å²) in [6.45, 7) is 5.45. The van der Waals surface area contributed by atoms with E-state index >= 15 is 0 Å². The summed E-state index contributed by atoms with van der Waals surface area (Å²) < 4.78 is 7.12. The summed E-state index contributed by atoms with van der Waals surface area (Å²) in [5.74, 6) is 0.362. The van der Waals surface area contributed by atoms with Gasteiger partial charge in [0.2, 0.25) is 5.91 Å². The van der Waals surface area contributed by atoms with Crippen molar-refractivity contribution in [2.75, 3.05) is 32.6 Å². The highest BCUT2D eigenvalue weighted by Gasteiger charge is 2.13. The summed E-state index contributed by atoms with van der Waals surface area (Å²) >= 11 is 7.76. The normalized spacial score (nSPS) is 11.3. The fraction of sp³-hybridized carbons (Fsp3) is 0.381. The van der Waals surface area contributed by atoms with Gasteiger partial charge in [0.05, 0.1) is 16.7 Å². The van der Waals surface area contributed by atoms with Crippen LogP contribution < -0.4 is 15.6 Å². The van der Waals surface area contributed by atoms with Crippen molar-refractivity contribution in [2.24, 2.45) is 0 Å². The van der Waals surface area contributed by atoms with Gasteiger partial charge in [0.1, 0.15) is 17.2 Å². The Bertz CT molecular complexity index is 1120. The first-order valence-electron chi connectivity index (χ1n) is 9.58. The number of hydrogen-bond donors (Lipinski definition) is 1. The van der Waals surface area contributed by atoms with Crippen molar-refractivity contribution >= 4 is 44.7 Å². The Labute approximate surface area is 184 Å². The molecule has 0 aliphatic carbocycles. The van der Waals surface area contributed by atoms with Crippen LogP contribution >= 0.6 is 22.9 Å². The summed E-state index contributed by atoms with van der Waals surface area (Å²) in [5.41, 5.74) is 1.42. The summed E-state index contributed by atoms with van der Waals surface area (Å²) in [6, 6.07) is 5.13. The zero-order valence-electron chi connectivity index (χ0n) is 17.5. The van der Waals surface area contributed by atoms with Crippen LogP contribution in [0.25, 0.3) is 10.2 Å². The van der Waals surface area contributed by atoms with E-state index in [1.807, 2.05) is 32.8 Å². The lowest BCUT2D eigenvalue weighted by Gasteiger charge is -2.13. The highest BCUT2D eigenvalue weighted by molar-refractivity contribution is 7.18. The number of halogens is 1. The molecule has 0 bridgehead atoms. The maximum Gasteiger partial charge on any atom is 0.262 e. The van der Waals surface area contributed by atoms with E-state index in [0.29, 0.717) is 28.5 Å². The van der Waals surface area contributed by atoms with Gasteiger partial charge < -0.3 is 15.0 Å². The fourth-order valence-corrected chi connectivity index (χ4v) is 4.13.